The van der Waals surface area contributed by atoms with Gasteiger partial charge in [-0.25, -0.2) is 4.39 Å². The number of carbonyl (C=O) groups is 1. The van der Waals surface area contributed by atoms with Crippen molar-refractivity contribution in [2.45, 2.75) is 13.3 Å². The summed E-state index contributed by atoms with van der Waals surface area (Å²) in [5, 5.41) is 8.51. The molecule has 1 amide bonds. The van der Waals surface area contributed by atoms with Crippen LogP contribution in [-0.4, -0.2) is 47.2 Å². The summed E-state index contributed by atoms with van der Waals surface area (Å²) in [6, 6.07) is 8.30. The number of benzene rings is 1. The van der Waals surface area contributed by atoms with Crippen molar-refractivity contribution in [1.29, 1.82) is 0 Å². The van der Waals surface area contributed by atoms with Gasteiger partial charge in [-0.15, -0.1) is 5.10 Å². The Morgan fingerprint density at radius 3 is 2.54 bits per heavy atom. The van der Waals surface area contributed by atoms with Crippen LogP contribution >= 0.6 is 11.6 Å². The van der Waals surface area contributed by atoms with Gasteiger partial charge in [0.25, 0.3) is 0 Å². The van der Waals surface area contributed by atoms with Crippen molar-refractivity contribution in [3.63, 3.8) is 0 Å². The van der Waals surface area contributed by atoms with Gasteiger partial charge in [0.15, 0.2) is 5.82 Å². The Balaban J connectivity index is 1.60. The number of hydrogen-bond acceptors (Lipinski definition) is 4. The molecule has 2 heterocycles. The molecule has 1 saturated heterocycles. The summed E-state index contributed by atoms with van der Waals surface area (Å²) in [7, 11) is 0. The first-order chi connectivity index (χ1) is 11.5. The molecule has 2 aromatic rings. The lowest BCUT2D eigenvalue weighted by Gasteiger charge is -2.35. The van der Waals surface area contributed by atoms with Gasteiger partial charge in [-0.2, -0.15) is 5.10 Å². The predicted octanol–water partition coefficient (Wildman–Crippen LogP) is 2.47. The summed E-state index contributed by atoms with van der Waals surface area (Å²) >= 11 is 5.99. The van der Waals surface area contributed by atoms with Crippen LogP contribution in [-0.2, 0) is 11.2 Å². The van der Waals surface area contributed by atoms with Gasteiger partial charge in [0.1, 0.15) is 5.82 Å². The highest BCUT2D eigenvalue weighted by Gasteiger charge is 2.23. The molecule has 7 heteroatoms. The highest BCUT2D eigenvalue weighted by atomic mass is 35.5. The van der Waals surface area contributed by atoms with E-state index in [4.69, 9.17) is 11.6 Å². The van der Waals surface area contributed by atoms with Crippen molar-refractivity contribution in [2.75, 3.05) is 31.1 Å². The van der Waals surface area contributed by atoms with Crippen LogP contribution in [0.1, 0.15) is 11.3 Å². The smallest absolute Gasteiger partial charge is 0.227 e. The third kappa shape index (κ3) is 3.64. The van der Waals surface area contributed by atoms with Crippen LogP contribution in [0.4, 0.5) is 10.2 Å². The number of halogens is 2. The minimum Gasteiger partial charge on any atom is -0.352 e. The average molecular weight is 349 g/mol. The number of piperazine rings is 1. The van der Waals surface area contributed by atoms with Crippen molar-refractivity contribution in [3.05, 3.63) is 52.4 Å². The molecule has 1 aliphatic rings. The number of aryl methyl sites for hydroxylation is 1. The van der Waals surface area contributed by atoms with Gasteiger partial charge in [-0.1, -0.05) is 17.7 Å². The molecular weight excluding hydrogens is 331 g/mol. The highest BCUT2D eigenvalue weighted by molar-refractivity contribution is 6.31. The van der Waals surface area contributed by atoms with E-state index in [1.807, 2.05) is 19.1 Å². The second-order valence-corrected chi connectivity index (χ2v) is 6.18. The maximum Gasteiger partial charge on any atom is 0.227 e. The zero-order valence-corrected chi connectivity index (χ0v) is 14.1. The summed E-state index contributed by atoms with van der Waals surface area (Å²) in [5.41, 5.74) is 1.13. The van der Waals surface area contributed by atoms with Gasteiger partial charge >= 0.3 is 0 Å². The molecule has 24 heavy (non-hydrogen) atoms. The lowest BCUT2D eigenvalue weighted by Crippen LogP contribution is -2.49. The fourth-order valence-electron chi connectivity index (χ4n) is 2.71. The van der Waals surface area contributed by atoms with Crippen molar-refractivity contribution in [2.24, 2.45) is 0 Å². The van der Waals surface area contributed by atoms with E-state index in [-0.39, 0.29) is 22.9 Å². The SMILES string of the molecule is Cc1ccc(N2CCN(C(=O)Cc3c(F)cccc3Cl)CC2)nn1. The van der Waals surface area contributed by atoms with E-state index >= 15 is 0 Å². The van der Waals surface area contributed by atoms with E-state index < -0.39 is 5.82 Å². The van der Waals surface area contributed by atoms with Crippen LogP contribution < -0.4 is 4.90 Å². The fourth-order valence-corrected chi connectivity index (χ4v) is 2.94. The number of hydrogen-bond donors (Lipinski definition) is 0. The molecule has 0 N–H and O–H groups in total. The Labute approximate surface area is 145 Å². The summed E-state index contributed by atoms with van der Waals surface area (Å²) in [6.07, 6.45) is -0.0180. The number of anilines is 1. The fraction of sp³-hybridized carbons (Fsp3) is 0.353. The first-order valence-electron chi connectivity index (χ1n) is 7.80. The molecule has 0 radical (unpaired) electrons. The Kier molecular flexibility index (Phi) is 4.94. The van der Waals surface area contributed by atoms with Crippen LogP contribution in [0.2, 0.25) is 5.02 Å². The maximum absolute atomic E-state index is 13.8. The quantitative estimate of drug-likeness (QED) is 0.855. The lowest BCUT2D eigenvalue weighted by atomic mass is 10.1. The van der Waals surface area contributed by atoms with Crippen molar-refractivity contribution in [3.8, 4) is 0 Å². The first kappa shape index (κ1) is 16.6. The minimum atomic E-state index is -0.440. The van der Waals surface area contributed by atoms with Gasteiger partial charge in [-0.05, 0) is 31.2 Å². The van der Waals surface area contributed by atoms with Gasteiger partial charge in [0.05, 0.1) is 12.1 Å². The number of nitrogens with zero attached hydrogens (tertiary/aromatic N) is 4. The molecule has 1 aromatic heterocycles. The summed E-state index contributed by atoms with van der Waals surface area (Å²) in [4.78, 5) is 16.2. The van der Waals surface area contributed by atoms with Crippen molar-refractivity contribution in [1.82, 2.24) is 15.1 Å². The minimum absolute atomic E-state index is 0.0180. The molecule has 1 fully saturated rings. The third-order valence-electron chi connectivity index (χ3n) is 4.13. The molecule has 0 saturated carbocycles. The molecule has 0 aliphatic carbocycles. The predicted molar refractivity (Wildman–Crippen MR) is 90.7 cm³/mol. The second kappa shape index (κ2) is 7.13. The molecule has 0 atom stereocenters. The molecule has 0 unspecified atom stereocenters. The maximum atomic E-state index is 13.8. The van der Waals surface area contributed by atoms with E-state index in [0.29, 0.717) is 26.2 Å². The van der Waals surface area contributed by atoms with E-state index in [1.54, 1.807) is 11.0 Å². The van der Waals surface area contributed by atoms with Crippen LogP contribution in [0.25, 0.3) is 0 Å². The number of amides is 1. The molecule has 1 aromatic carbocycles. The number of carbonyl (C=O) groups excluding carboxylic acids is 1. The number of rotatable bonds is 3. The molecule has 3 rings (SSSR count). The summed E-state index contributed by atoms with van der Waals surface area (Å²) in [5.74, 6) is 0.255. The summed E-state index contributed by atoms with van der Waals surface area (Å²) < 4.78 is 13.8. The Hall–Kier alpha value is -2.21. The average Bonchev–Trinajstić information content (AvgIpc) is 2.59. The van der Waals surface area contributed by atoms with Crippen LogP contribution in [0.15, 0.2) is 30.3 Å². The molecule has 0 bridgehead atoms. The third-order valence-corrected chi connectivity index (χ3v) is 4.48. The molecule has 5 nitrogen and oxygen atoms in total. The van der Waals surface area contributed by atoms with E-state index in [9.17, 15) is 9.18 Å². The molecule has 1 aliphatic heterocycles. The molecular formula is C17H18ClFN4O. The standard InChI is InChI=1S/C17H18ClFN4O/c1-12-5-6-16(21-20-12)22-7-9-23(10-8-22)17(24)11-13-14(18)3-2-4-15(13)19/h2-6H,7-11H2,1H3. The van der Waals surface area contributed by atoms with Crippen LogP contribution in [0.5, 0.6) is 0 Å². The van der Waals surface area contributed by atoms with E-state index in [0.717, 1.165) is 11.5 Å². The zero-order chi connectivity index (χ0) is 17.1. The Morgan fingerprint density at radius 2 is 1.92 bits per heavy atom. The monoisotopic (exact) mass is 348 g/mol. The Morgan fingerprint density at radius 1 is 1.17 bits per heavy atom. The number of aromatic nitrogens is 2. The van der Waals surface area contributed by atoms with E-state index in [1.165, 1.54) is 12.1 Å². The van der Waals surface area contributed by atoms with Gasteiger partial charge in [-0.3, -0.25) is 4.79 Å². The first-order valence-corrected chi connectivity index (χ1v) is 8.18. The zero-order valence-electron chi connectivity index (χ0n) is 13.4. The molecule has 0 spiro atoms. The lowest BCUT2D eigenvalue weighted by molar-refractivity contribution is -0.130. The van der Waals surface area contributed by atoms with Gasteiger partial charge in [0.2, 0.25) is 5.91 Å². The summed E-state index contributed by atoms with van der Waals surface area (Å²) in [6.45, 7) is 4.38. The topological polar surface area (TPSA) is 49.3 Å². The normalized spacial score (nSPS) is 14.8. The molecule has 126 valence electrons. The highest BCUT2D eigenvalue weighted by Crippen LogP contribution is 2.21. The second-order valence-electron chi connectivity index (χ2n) is 5.78. The van der Waals surface area contributed by atoms with Crippen LogP contribution in [0, 0.1) is 12.7 Å². The van der Waals surface area contributed by atoms with E-state index in [2.05, 4.69) is 15.1 Å². The van der Waals surface area contributed by atoms with Crippen molar-refractivity contribution >= 4 is 23.3 Å². The largest absolute Gasteiger partial charge is 0.352 e. The van der Waals surface area contributed by atoms with Gasteiger partial charge in [0, 0.05) is 36.8 Å². The van der Waals surface area contributed by atoms with Crippen molar-refractivity contribution < 1.29 is 9.18 Å². The Bertz CT molecular complexity index is 710. The van der Waals surface area contributed by atoms with Gasteiger partial charge < -0.3 is 9.80 Å². The van der Waals surface area contributed by atoms with Crippen LogP contribution in [0.3, 0.4) is 0 Å².